The first-order valence-corrected chi connectivity index (χ1v) is 9.74. The molecule has 0 aliphatic carbocycles. The number of nitro groups is 1. The maximum atomic E-state index is 12.4. The Morgan fingerprint density at radius 3 is 2.73 bits per heavy atom. The van der Waals surface area contributed by atoms with Crippen LogP contribution in [0.5, 0.6) is 0 Å². The smallest absolute Gasteiger partial charge is 0.270 e. The molecule has 0 bridgehead atoms. The molecule has 150 valence electrons. The molecule has 4 rings (SSSR count). The zero-order chi connectivity index (χ0) is 20.9. The molecule has 1 amide bonds. The summed E-state index contributed by atoms with van der Waals surface area (Å²) < 4.78 is 0. The number of hydrogen-bond donors (Lipinski definition) is 1. The molecule has 1 aliphatic heterocycles. The molecule has 0 spiro atoms. The first-order valence-electron chi connectivity index (χ1n) is 9.74. The third kappa shape index (κ3) is 4.38. The maximum Gasteiger partial charge on any atom is 0.270 e. The molecule has 0 saturated heterocycles. The van der Waals surface area contributed by atoms with Crippen molar-refractivity contribution in [2.75, 3.05) is 16.8 Å². The highest BCUT2D eigenvalue weighted by Crippen LogP contribution is 2.30. The Labute approximate surface area is 174 Å². The normalized spacial score (nSPS) is 12.7. The monoisotopic (exact) mass is 399 g/mol. The van der Waals surface area contributed by atoms with Crippen LogP contribution < -0.4 is 10.2 Å². The zero-order valence-corrected chi connectivity index (χ0v) is 16.3. The Morgan fingerprint density at radius 2 is 1.87 bits per heavy atom. The number of fused-ring (bicyclic) bond motifs is 1. The van der Waals surface area contributed by atoms with Gasteiger partial charge in [-0.1, -0.05) is 48.5 Å². The number of nitrogens with zero attached hydrogens (tertiary/aromatic N) is 2. The maximum absolute atomic E-state index is 12.4. The van der Waals surface area contributed by atoms with Gasteiger partial charge in [-0.15, -0.1) is 0 Å². The molecule has 6 heteroatoms. The molecule has 0 aromatic heterocycles. The quantitative estimate of drug-likeness (QED) is 0.367. The van der Waals surface area contributed by atoms with Gasteiger partial charge in [0.25, 0.3) is 5.69 Å². The highest BCUT2D eigenvalue weighted by atomic mass is 16.6. The van der Waals surface area contributed by atoms with Gasteiger partial charge in [-0.25, -0.2) is 0 Å². The summed E-state index contributed by atoms with van der Waals surface area (Å²) in [5, 5.41) is 13.8. The van der Waals surface area contributed by atoms with Crippen molar-refractivity contribution in [2.45, 2.75) is 13.0 Å². The summed E-state index contributed by atoms with van der Waals surface area (Å²) in [6.07, 6.45) is 3.99. The Kier molecular flexibility index (Phi) is 5.57. The third-order valence-electron chi connectivity index (χ3n) is 5.13. The summed E-state index contributed by atoms with van der Waals surface area (Å²) in [6, 6.07) is 22.3. The number of nitrogens with one attached hydrogen (secondary N) is 1. The Morgan fingerprint density at radius 1 is 1.07 bits per heavy atom. The number of carbonyl (C=O) groups excluding carboxylic acids is 1. The Balaban J connectivity index is 1.46. The van der Waals surface area contributed by atoms with Crippen LogP contribution in [-0.4, -0.2) is 17.4 Å². The summed E-state index contributed by atoms with van der Waals surface area (Å²) in [5.41, 5.74) is 4.97. The van der Waals surface area contributed by atoms with Gasteiger partial charge >= 0.3 is 0 Å². The number of carbonyl (C=O) groups is 1. The van der Waals surface area contributed by atoms with Gasteiger partial charge in [0, 0.05) is 42.7 Å². The predicted octanol–water partition coefficient (Wildman–Crippen LogP) is 4.81. The SMILES string of the molecule is O=C(/C=C/c1cccc([N+](=O)[O-])c1)Nc1ccccc1CN1CCc2ccccc21. The number of hydrogen-bond acceptors (Lipinski definition) is 4. The molecular weight excluding hydrogens is 378 g/mol. The molecule has 3 aromatic rings. The van der Waals surface area contributed by atoms with Gasteiger partial charge in [-0.2, -0.15) is 0 Å². The van der Waals surface area contributed by atoms with Crippen molar-refractivity contribution in [3.63, 3.8) is 0 Å². The summed E-state index contributed by atoms with van der Waals surface area (Å²) in [5.74, 6) is -0.282. The second-order valence-electron chi connectivity index (χ2n) is 7.13. The van der Waals surface area contributed by atoms with Crippen LogP contribution in [0.25, 0.3) is 6.08 Å². The third-order valence-corrected chi connectivity index (χ3v) is 5.13. The van der Waals surface area contributed by atoms with Gasteiger partial charge in [0.05, 0.1) is 4.92 Å². The van der Waals surface area contributed by atoms with Gasteiger partial charge in [-0.3, -0.25) is 14.9 Å². The van der Waals surface area contributed by atoms with Crippen LogP contribution in [0.2, 0.25) is 0 Å². The second kappa shape index (κ2) is 8.61. The van der Waals surface area contributed by atoms with Gasteiger partial charge in [0.1, 0.15) is 0 Å². The molecule has 1 heterocycles. The van der Waals surface area contributed by atoms with E-state index in [1.165, 1.54) is 29.5 Å². The van der Waals surface area contributed by atoms with E-state index in [9.17, 15) is 14.9 Å². The van der Waals surface area contributed by atoms with Crippen LogP contribution in [0, 0.1) is 10.1 Å². The number of anilines is 2. The van der Waals surface area contributed by atoms with Gasteiger partial charge in [-0.05, 0) is 41.3 Å². The van der Waals surface area contributed by atoms with E-state index in [2.05, 4.69) is 28.4 Å². The fourth-order valence-electron chi connectivity index (χ4n) is 3.64. The van der Waals surface area contributed by atoms with Crippen molar-refractivity contribution in [1.29, 1.82) is 0 Å². The lowest BCUT2D eigenvalue weighted by molar-refractivity contribution is -0.384. The molecular formula is C24H21N3O3. The van der Waals surface area contributed by atoms with Crippen molar-refractivity contribution in [2.24, 2.45) is 0 Å². The topological polar surface area (TPSA) is 75.5 Å². The first kappa shape index (κ1) is 19.4. The zero-order valence-electron chi connectivity index (χ0n) is 16.3. The van der Waals surface area contributed by atoms with E-state index < -0.39 is 4.92 Å². The van der Waals surface area contributed by atoms with Gasteiger partial charge in [0.15, 0.2) is 0 Å². The lowest BCUT2D eigenvalue weighted by Crippen LogP contribution is -2.21. The van der Waals surface area contributed by atoms with Crippen LogP contribution in [0.1, 0.15) is 16.7 Å². The average Bonchev–Trinajstić information content (AvgIpc) is 3.17. The Bertz CT molecular complexity index is 1120. The van der Waals surface area contributed by atoms with Crippen molar-refractivity contribution >= 4 is 29.0 Å². The number of rotatable bonds is 6. The van der Waals surface area contributed by atoms with E-state index in [0.717, 1.165) is 24.2 Å². The van der Waals surface area contributed by atoms with Gasteiger partial charge < -0.3 is 10.2 Å². The van der Waals surface area contributed by atoms with E-state index in [1.807, 2.05) is 30.3 Å². The molecule has 30 heavy (non-hydrogen) atoms. The van der Waals surface area contributed by atoms with E-state index in [-0.39, 0.29) is 11.6 Å². The van der Waals surface area contributed by atoms with Crippen LogP contribution in [-0.2, 0) is 17.8 Å². The Hall–Kier alpha value is -3.93. The number of non-ortho nitro benzene ring substituents is 1. The highest BCUT2D eigenvalue weighted by molar-refractivity contribution is 6.02. The van der Waals surface area contributed by atoms with E-state index in [4.69, 9.17) is 0 Å². The molecule has 0 saturated carbocycles. The van der Waals surface area contributed by atoms with Gasteiger partial charge in [0.2, 0.25) is 5.91 Å². The van der Waals surface area contributed by atoms with Crippen molar-refractivity contribution in [1.82, 2.24) is 0 Å². The highest BCUT2D eigenvalue weighted by Gasteiger charge is 2.19. The fraction of sp³-hybridized carbons (Fsp3) is 0.125. The second-order valence-corrected chi connectivity index (χ2v) is 7.13. The van der Waals surface area contributed by atoms with Crippen LogP contribution in [0.15, 0.2) is 78.9 Å². The predicted molar refractivity (Wildman–Crippen MR) is 118 cm³/mol. The molecule has 0 radical (unpaired) electrons. The number of amides is 1. The lowest BCUT2D eigenvalue weighted by Gasteiger charge is -2.21. The molecule has 6 nitrogen and oxygen atoms in total. The summed E-state index contributed by atoms with van der Waals surface area (Å²) in [4.78, 5) is 25.2. The fourth-order valence-corrected chi connectivity index (χ4v) is 3.64. The van der Waals surface area contributed by atoms with Crippen LogP contribution in [0.4, 0.5) is 17.1 Å². The minimum atomic E-state index is -0.454. The molecule has 0 unspecified atom stereocenters. The number of benzene rings is 3. The van der Waals surface area contributed by atoms with Crippen molar-refractivity contribution < 1.29 is 9.72 Å². The largest absolute Gasteiger partial charge is 0.367 e. The van der Waals surface area contributed by atoms with Crippen LogP contribution >= 0.6 is 0 Å². The number of nitro benzene ring substituents is 1. The average molecular weight is 399 g/mol. The minimum absolute atomic E-state index is 0.00574. The summed E-state index contributed by atoms with van der Waals surface area (Å²) in [7, 11) is 0. The molecule has 3 aromatic carbocycles. The van der Waals surface area contributed by atoms with Crippen molar-refractivity contribution in [3.8, 4) is 0 Å². The van der Waals surface area contributed by atoms with Crippen LogP contribution in [0.3, 0.4) is 0 Å². The molecule has 0 atom stereocenters. The first-order chi connectivity index (χ1) is 14.6. The standard InChI is InChI=1S/C24H21N3O3/c28-24(13-12-18-6-5-9-21(16-18)27(29)30)25-22-10-3-1-8-20(22)17-26-15-14-19-7-2-4-11-23(19)26/h1-13,16H,14-15,17H2,(H,25,28)/b13-12+. The molecule has 1 aliphatic rings. The molecule has 1 N–H and O–H groups in total. The number of para-hydroxylation sites is 2. The molecule has 0 fully saturated rings. The van der Waals surface area contributed by atoms with Crippen molar-refractivity contribution in [3.05, 3.63) is 106 Å². The van der Waals surface area contributed by atoms with E-state index in [0.29, 0.717) is 12.1 Å². The van der Waals surface area contributed by atoms with E-state index >= 15 is 0 Å². The van der Waals surface area contributed by atoms with E-state index in [1.54, 1.807) is 18.2 Å². The lowest BCUT2D eigenvalue weighted by atomic mass is 10.1. The summed E-state index contributed by atoms with van der Waals surface area (Å²) in [6.45, 7) is 1.66. The summed E-state index contributed by atoms with van der Waals surface area (Å²) >= 11 is 0. The minimum Gasteiger partial charge on any atom is -0.367 e.